The van der Waals surface area contributed by atoms with E-state index in [0.29, 0.717) is 46.7 Å². The normalized spacial score (nSPS) is 10.4. The van der Waals surface area contributed by atoms with Crippen LogP contribution in [0.4, 0.5) is 11.4 Å². The van der Waals surface area contributed by atoms with Crippen LogP contribution in [0.25, 0.3) is 0 Å². The second kappa shape index (κ2) is 10.0. The number of carbonyl (C=O) groups is 2. The van der Waals surface area contributed by atoms with Crippen LogP contribution in [-0.4, -0.2) is 32.6 Å². The Hall–Kier alpha value is -2.93. The number of halogens is 1. The molecule has 0 atom stereocenters. The molecule has 0 aromatic heterocycles. The predicted octanol–water partition coefficient (Wildman–Crippen LogP) is 4.60. The Balaban J connectivity index is 2.26. The lowest BCUT2D eigenvalue weighted by Gasteiger charge is -2.16. The summed E-state index contributed by atoms with van der Waals surface area (Å²) >= 11 is 6.32. The molecule has 2 aromatic carbocycles. The first-order valence-corrected chi connectivity index (χ1v) is 9.40. The molecule has 0 saturated carbocycles. The van der Waals surface area contributed by atoms with Gasteiger partial charge in [0.25, 0.3) is 5.91 Å². The highest BCUT2D eigenvalue weighted by Crippen LogP contribution is 2.37. The molecular weight excluding hydrogens is 396 g/mol. The van der Waals surface area contributed by atoms with Crippen LogP contribution in [0.1, 0.15) is 31.1 Å². The quantitative estimate of drug-likeness (QED) is 0.651. The summed E-state index contributed by atoms with van der Waals surface area (Å²) in [7, 11) is 2.98. The van der Waals surface area contributed by atoms with Gasteiger partial charge in [-0.05, 0) is 36.2 Å². The second-order valence-electron chi connectivity index (χ2n) is 6.74. The Labute approximate surface area is 175 Å². The summed E-state index contributed by atoms with van der Waals surface area (Å²) in [6, 6.07) is 8.01. The molecular formula is C21H25ClN2O5. The van der Waals surface area contributed by atoms with Gasteiger partial charge in [0.05, 0.1) is 31.5 Å². The van der Waals surface area contributed by atoms with Crippen LogP contribution in [0, 0.1) is 5.92 Å². The van der Waals surface area contributed by atoms with Gasteiger partial charge in [-0.25, -0.2) is 0 Å². The Morgan fingerprint density at radius 2 is 1.72 bits per heavy atom. The number of methoxy groups -OCH3 is 2. The number of carbonyl (C=O) groups excluding carboxylic acids is 2. The summed E-state index contributed by atoms with van der Waals surface area (Å²) in [5.41, 5.74) is 1.24. The zero-order valence-electron chi connectivity index (χ0n) is 17.1. The van der Waals surface area contributed by atoms with Crippen molar-refractivity contribution in [3.05, 3.63) is 40.9 Å². The molecule has 0 spiro atoms. The van der Waals surface area contributed by atoms with Crippen molar-refractivity contribution in [2.24, 2.45) is 5.92 Å². The molecule has 0 fully saturated rings. The summed E-state index contributed by atoms with van der Waals surface area (Å²) in [6.07, 6.45) is 0. The van der Waals surface area contributed by atoms with E-state index in [-0.39, 0.29) is 16.8 Å². The van der Waals surface area contributed by atoms with Gasteiger partial charge in [0.15, 0.2) is 11.5 Å². The van der Waals surface area contributed by atoms with E-state index in [1.165, 1.54) is 27.2 Å². The van der Waals surface area contributed by atoms with Crippen molar-refractivity contribution in [2.75, 3.05) is 31.5 Å². The number of rotatable bonds is 8. The smallest absolute Gasteiger partial charge is 0.255 e. The zero-order chi connectivity index (χ0) is 21.6. The molecule has 0 aliphatic rings. The molecule has 0 heterocycles. The largest absolute Gasteiger partial charge is 0.495 e. The van der Waals surface area contributed by atoms with E-state index >= 15 is 0 Å². The van der Waals surface area contributed by atoms with E-state index in [1.807, 2.05) is 13.8 Å². The lowest BCUT2D eigenvalue weighted by Crippen LogP contribution is -2.14. The number of ether oxygens (including phenoxy) is 3. The van der Waals surface area contributed by atoms with Crippen molar-refractivity contribution >= 4 is 34.8 Å². The summed E-state index contributed by atoms with van der Waals surface area (Å²) in [6.45, 7) is 5.90. The molecule has 2 N–H and O–H groups in total. The summed E-state index contributed by atoms with van der Waals surface area (Å²) < 4.78 is 16.3. The molecule has 0 radical (unpaired) electrons. The minimum Gasteiger partial charge on any atom is -0.495 e. The SMILES string of the molecule is COc1ccc(NC(=O)c2cc(Cl)c(OCC(C)C)c(OC)c2)cc1NC(C)=O. The van der Waals surface area contributed by atoms with Crippen molar-refractivity contribution in [1.82, 2.24) is 0 Å². The molecule has 2 aromatic rings. The van der Waals surface area contributed by atoms with Crippen LogP contribution >= 0.6 is 11.6 Å². The molecule has 0 aliphatic carbocycles. The van der Waals surface area contributed by atoms with Gasteiger partial charge >= 0.3 is 0 Å². The van der Waals surface area contributed by atoms with Crippen molar-refractivity contribution in [2.45, 2.75) is 20.8 Å². The molecule has 8 heteroatoms. The Morgan fingerprint density at radius 1 is 1.03 bits per heavy atom. The summed E-state index contributed by atoms with van der Waals surface area (Å²) in [5, 5.41) is 5.71. The summed E-state index contributed by atoms with van der Waals surface area (Å²) in [4.78, 5) is 24.1. The van der Waals surface area contributed by atoms with E-state index in [0.717, 1.165) is 0 Å². The van der Waals surface area contributed by atoms with Crippen LogP contribution < -0.4 is 24.8 Å². The fraction of sp³-hybridized carbons (Fsp3) is 0.333. The predicted molar refractivity (Wildman–Crippen MR) is 114 cm³/mol. The van der Waals surface area contributed by atoms with Gasteiger partial charge in [-0.3, -0.25) is 9.59 Å². The molecule has 0 unspecified atom stereocenters. The van der Waals surface area contributed by atoms with Crippen LogP contribution in [0.5, 0.6) is 17.2 Å². The van der Waals surface area contributed by atoms with Gasteiger partial charge in [0, 0.05) is 18.2 Å². The number of hydrogen-bond donors (Lipinski definition) is 2. The molecule has 2 rings (SSSR count). The first-order chi connectivity index (χ1) is 13.7. The molecule has 7 nitrogen and oxygen atoms in total. The number of amides is 2. The first-order valence-electron chi connectivity index (χ1n) is 9.02. The first kappa shape index (κ1) is 22.4. The van der Waals surface area contributed by atoms with E-state index in [4.69, 9.17) is 25.8 Å². The highest BCUT2D eigenvalue weighted by molar-refractivity contribution is 6.32. The third kappa shape index (κ3) is 6.02. The Bertz CT molecular complexity index is 899. The highest BCUT2D eigenvalue weighted by Gasteiger charge is 2.17. The van der Waals surface area contributed by atoms with Gasteiger partial charge in [-0.15, -0.1) is 0 Å². The van der Waals surface area contributed by atoms with Gasteiger partial charge in [-0.1, -0.05) is 25.4 Å². The number of anilines is 2. The summed E-state index contributed by atoms with van der Waals surface area (Å²) in [5.74, 6) is 0.926. The Kier molecular flexibility index (Phi) is 7.73. The third-order valence-electron chi connectivity index (χ3n) is 3.82. The maximum Gasteiger partial charge on any atom is 0.255 e. The van der Waals surface area contributed by atoms with E-state index in [9.17, 15) is 9.59 Å². The molecule has 156 valence electrons. The average Bonchev–Trinajstić information content (AvgIpc) is 2.66. The van der Waals surface area contributed by atoms with E-state index in [2.05, 4.69) is 10.6 Å². The lowest BCUT2D eigenvalue weighted by atomic mass is 10.1. The van der Waals surface area contributed by atoms with Crippen molar-refractivity contribution < 1.29 is 23.8 Å². The molecule has 0 saturated heterocycles. The van der Waals surface area contributed by atoms with Crippen LogP contribution in [-0.2, 0) is 4.79 Å². The van der Waals surface area contributed by atoms with Crippen molar-refractivity contribution in [1.29, 1.82) is 0 Å². The van der Waals surface area contributed by atoms with Crippen LogP contribution in [0.15, 0.2) is 30.3 Å². The highest BCUT2D eigenvalue weighted by atomic mass is 35.5. The number of benzene rings is 2. The third-order valence-corrected chi connectivity index (χ3v) is 4.10. The van der Waals surface area contributed by atoms with Gasteiger partial charge in [-0.2, -0.15) is 0 Å². The maximum absolute atomic E-state index is 12.7. The number of hydrogen-bond acceptors (Lipinski definition) is 5. The standard InChI is InChI=1S/C21H25ClN2O5/c1-12(2)11-29-20-16(22)8-14(9-19(20)28-5)21(26)24-15-6-7-18(27-4)17(10-15)23-13(3)25/h6-10,12H,11H2,1-5H3,(H,23,25)(H,24,26). The zero-order valence-corrected chi connectivity index (χ0v) is 17.8. The fourth-order valence-corrected chi connectivity index (χ4v) is 2.78. The van der Waals surface area contributed by atoms with Crippen molar-refractivity contribution in [3.8, 4) is 17.2 Å². The molecule has 0 aliphatic heterocycles. The van der Waals surface area contributed by atoms with Crippen LogP contribution in [0.2, 0.25) is 5.02 Å². The van der Waals surface area contributed by atoms with Gasteiger partial charge in [0.2, 0.25) is 5.91 Å². The minimum absolute atomic E-state index is 0.250. The van der Waals surface area contributed by atoms with Gasteiger partial charge in [0.1, 0.15) is 5.75 Å². The van der Waals surface area contributed by atoms with E-state index in [1.54, 1.807) is 24.3 Å². The molecule has 2 amide bonds. The fourth-order valence-electron chi connectivity index (χ4n) is 2.52. The maximum atomic E-state index is 12.7. The lowest BCUT2D eigenvalue weighted by molar-refractivity contribution is -0.114. The molecule has 0 bridgehead atoms. The number of nitrogens with one attached hydrogen (secondary N) is 2. The topological polar surface area (TPSA) is 85.9 Å². The van der Waals surface area contributed by atoms with Crippen LogP contribution in [0.3, 0.4) is 0 Å². The average molecular weight is 421 g/mol. The van der Waals surface area contributed by atoms with E-state index < -0.39 is 0 Å². The minimum atomic E-state index is -0.389. The van der Waals surface area contributed by atoms with Gasteiger partial charge < -0.3 is 24.8 Å². The second-order valence-corrected chi connectivity index (χ2v) is 7.15. The Morgan fingerprint density at radius 3 is 2.31 bits per heavy atom. The monoisotopic (exact) mass is 420 g/mol. The molecule has 29 heavy (non-hydrogen) atoms. The van der Waals surface area contributed by atoms with Crippen molar-refractivity contribution in [3.63, 3.8) is 0 Å².